The standard InChI is InChI=1S/C21H19F2N3O2/c22-13-4-6-15(17(23)11-13)20-16-3-1-2-8-24-21(16)26(25-20)14-5-7-18-19(12-14)28-10-9-27-18/h4-7,11-12,24H,1-3,8-10H2. The smallest absolute Gasteiger partial charge is 0.163 e. The highest BCUT2D eigenvalue weighted by molar-refractivity contribution is 5.72. The lowest BCUT2D eigenvalue weighted by atomic mass is 10.0. The van der Waals surface area contributed by atoms with Crippen molar-refractivity contribution in [2.75, 3.05) is 25.1 Å². The Kier molecular flexibility index (Phi) is 4.15. The third kappa shape index (κ3) is 2.87. The van der Waals surface area contributed by atoms with E-state index in [-0.39, 0.29) is 0 Å². The molecule has 0 radical (unpaired) electrons. The Morgan fingerprint density at radius 3 is 2.68 bits per heavy atom. The summed E-state index contributed by atoms with van der Waals surface area (Å²) in [4.78, 5) is 0. The molecule has 3 aromatic rings. The van der Waals surface area contributed by atoms with E-state index < -0.39 is 11.6 Å². The summed E-state index contributed by atoms with van der Waals surface area (Å²) in [5.41, 5.74) is 2.58. The number of aromatic nitrogens is 2. The minimum absolute atomic E-state index is 0.303. The average Bonchev–Trinajstić information content (AvgIpc) is 2.89. The van der Waals surface area contributed by atoms with Crippen LogP contribution in [0.1, 0.15) is 18.4 Å². The van der Waals surface area contributed by atoms with Crippen molar-refractivity contribution in [2.45, 2.75) is 19.3 Å². The van der Waals surface area contributed by atoms with Gasteiger partial charge in [-0.1, -0.05) is 0 Å². The van der Waals surface area contributed by atoms with Gasteiger partial charge in [0.1, 0.15) is 36.4 Å². The van der Waals surface area contributed by atoms with E-state index in [9.17, 15) is 8.78 Å². The topological polar surface area (TPSA) is 48.3 Å². The molecule has 2 aromatic carbocycles. The Morgan fingerprint density at radius 1 is 0.964 bits per heavy atom. The van der Waals surface area contributed by atoms with Crippen molar-refractivity contribution < 1.29 is 18.3 Å². The molecule has 0 spiro atoms. The second-order valence-corrected chi connectivity index (χ2v) is 6.92. The van der Waals surface area contributed by atoms with Gasteiger partial charge < -0.3 is 14.8 Å². The SMILES string of the molecule is Fc1ccc(-c2nn(-c3ccc4c(c3)OCCO4)c3c2CCCCN3)c(F)c1. The van der Waals surface area contributed by atoms with Crippen LogP contribution in [-0.4, -0.2) is 29.5 Å². The number of ether oxygens (including phenoxy) is 2. The zero-order valence-corrected chi connectivity index (χ0v) is 15.2. The molecule has 0 unspecified atom stereocenters. The average molecular weight is 383 g/mol. The van der Waals surface area contributed by atoms with Crippen LogP contribution in [0.15, 0.2) is 36.4 Å². The lowest BCUT2D eigenvalue weighted by Gasteiger charge is -2.19. The molecule has 28 heavy (non-hydrogen) atoms. The molecule has 7 heteroatoms. The fourth-order valence-corrected chi connectivity index (χ4v) is 3.75. The van der Waals surface area contributed by atoms with Gasteiger partial charge in [0.25, 0.3) is 0 Å². The maximum atomic E-state index is 14.5. The molecule has 0 fully saturated rings. The third-order valence-electron chi connectivity index (χ3n) is 5.09. The maximum absolute atomic E-state index is 14.5. The Labute approximate surface area is 160 Å². The molecule has 0 amide bonds. The Balaban J connectivity index is 1.67. The van der Waals surface area contributed by atoms with Crippen molar-refractivity contribution in [3.05, 3.63) is 53.6 Å². The second kappa shape index (κ2) is 6.82. The zero-order chi connectivity index (χ0) is 19.1. The molecule has 144 valence electrons. The summed E-state index contributed by atoms with van der Waals surface area (Å²) >= 11 is 0. The molecule has 3 heterocycles. The van der Waals surface area contributed by atoms with E-state index >= 15 is 0 Å². The molecule has 0 bridgehead atoms. The minimum Gasteiger partial charge on any atom is -0.486 e. The van der Waals surface area contributed by atoms with Gasteiger partial charge in [0, 0.05) is 29.8 Å². The summed E-state index contributed by atoms with van der Waals surface area (Å²) in [7, 11) is 0. The van der Waals surface area contributed by atoms with Crippen LogP contribution in [0.2, 0.25) is 0 Å². The van der Waals surface area contributed by atoms with Crippen LogP contribution in [0.4, 0.5) is 14.6 Å². The van der Waals surface area contributed by atoms with Gasteiger partial charge in [0.2, 0.25) is 0 Å². The van der Waals surface area contributed by atoms with Gasteiger partial charge in [0.05, 0.1) is 5.69 Å². The van der Waals surface area contributed by atoms with Crippen molar-refractivity contribution >= 4 is 5.82 Å². The third-order valence-corrected chi connectivity index (χ3v) is 5.09. The lowest BCUT2D eigenvalue weighted by molar-refractivity contribution is 0.171. The van der Waals surface area contributed by atoms with Gasteiger partial charge in [-0.2, -0.15) is 5.10 Å². The molecular formula is C21H19F2N3O2. The highest BCUT2D eigenvalue weighted by Gasteiger charge is 2.24. The number of benzene rings is 2. The van der Waals surface area contributed by atoms with Crippen molar-refractivity contribution in [3.8, 4) is 28.4 Å². The summed E-state index contributed by atoms with van der Waals surface area (Å²) < 4.78 is 41.0. The van der Waals surface area contributed by atoms with Gasteiger partial charge in [-0.15, -0.1) is 0 Å². The van der Waals surface area contributed by atoms with Gasteiger partial charge in [0.15, 0.2) is 11.5 Å². The Morgan fingerprint density at radius 2 is 1.82 bits per heavy atom. The van der Waals surface area contributed by atoms with Crippen LogP contribution in [0, 0.1) is 11.6 Å². The monoisotopic (exact) mass is 383 g/mol. The second-order valence-electron chi connectivity index (χ2n) is 6.92. The number of nitrogens with zero attached hydrogens (tertiary/aromatic N) is 2. The first-order chi connectivity index (χ1) is 13.7. The van der Waals surface area contributed by atoms with E-state index in [4.69, 9.17) is 14.6 Å². The molecular weight excluding hydrogens is 364 g/mol. The van der Waals surface area contributed by atoms with Gasteiger partial charge >= 0.3 is 0 Å². The van der Waals surface area contributed by atoms with Crippen molar-refractivity contribution in [2.24, 2.45) is 0 Å². The summed E-state index contributed by atoms with van der Waals surface area (Å²) in [6, 6.07) is 9.24. The zero-order valence-electron chi connectivity index (χ0n) is 15.2. The highest BCUT2D eigenvalue weighted by atomic mass is 19.1. The van der Waals surface area contributed by atoms with Crippen LogP contribution in [-0.2, 0) is 6.42 Å². The largest absolute Gasteiger partial charge is 0.486 e. The lowest BCUT2D eigenvalue weighted by Crippen LogP contribution is -2.15. The number of anilines is 1. The molecule has 5 rings (SSSR count). The predicted molar refractivity (Wildman–Crippen MR) is 101 cm³/mol. The number of halogens is 2. The van der Waals surface area contributed by atoms with E-state index in [1.807, 2.05) is 18.2 Å². The Bertz CT molecular complexity index is 1050. The molecule has 2 aliphatic rings. The number of hydrogen-bond acceptors (Lipinski definition) is 4. The van der Waals surface area contributed by atoms with Crippen molar-refractivity contribution in [1.29, 1.82) is 0 Å². The van der Waals surface area contributed by atoms with Gasteiger partial charge in [-0.05, 0) is 43.5 Å². The van der Waals surface area contributed by atoms with E-state index in [0.29, 0.717) is 36.0 Å². The molecule has 0 atom stereocenters. The number of fused-ring (bicyclic) bond motifs is 2. The Hall–Kier alpha value is -3.09. The number of hydrogen-bond donors (Lipinski definition) is 1. The predicted octanol–water partition coefficient (Wildman–Crippen LogP) is 4.34. The first-order valence-electron chi connectivity index (χ1n) is 9.42. The summed E-state index contributed by atoms with van der Waals surface area (Å²) in [6.07, 6.45) is 2.77. The fourth-order valence-electron chi connectivity index (χ4n) is 3.75. The molecule has 1 N–H and O–H groups in total. The number of nitrogens with one attached hydrogen (secondary N) is 1. The van der Waals surface area contributed by atoms with Gasteiger partial charge in [-0.3, -0.25) is 0 Å². The van der Waals surface area contributed by atoms with Crippen LogP contribution in [0.5, 0.6) is 11.5 Å². The number of rotatable bonds is 2. The fraction of sp³-hybridized carbons (Fsp3) is 0.286. The van der Waals surface area contributed by atoms with Crippen LogP contribution in [0.3, 0.4) is 0 Å². The summed E-state index contributed by atoms with van der Waals surface area (Å²) in [6.45, 7) is 1.84. The van der Waals surface area contributed by atoms with E-state index in [2.05, 4.69) is 5.32 Å². The summed E-state index contributed by atoms with van der Waals surface area (Å²) in [5, 5.41) is 8.13. The first-order valence-corrected chi connectivity index (χ1v) is 9.42. The minimum atomic E-state index is -0.612. The van der Waals surface area contributed by atoms with Crippen LogP contribution >= 0.6 is 0 Å². The van der Waals surface area contributed by atoms with Crippen LogP contribution < -0.4 is 14.8 Å². The first kappa shape index (κ1) is 17.0. The molecule has 5 nitrogen and oxygen atoms in total. The molecule has 0 saturated carbocycles. The van der Waals surface area contributed by atoms with E-state index in [0.717, 1.165) is 48.9 Å². The molecule has 0 saturated heterocycles. The molecule has 0 aliphatic carbocycles. The highest BCUT2D eigenvalue weighted by Crippen LogP contribution is 2.37. The molecule has 2 aliphatic heterocycles. The maximum Gasteiger partial charge on any atom is 0.163 e. The van der Waals surface area contributed by atoms with Crippen molar-refractivity contribution in [1.82, 2.24) is 9.78 Å². The van der Waals surface area contributed by atoms with E-state index in [1.54, 1.807) is 4.68 Å². The van der Waals surface area contributed by atoms with E-state index in [1.165, 1.54) is 12.1 Å². The summed E-state index contributed by atoms with van der Waals surface area (Å²) in [5.74, 6) is 0.991. The van der Waals surface area contributed by atoms with Gasteiger partial charge in [-0.25, -0.2) is 13.5 Å². The quantitative estimate of drug-likeness (QED) is 0.715. The molecule has 1 aromatic heterocycles. The van der Waals surface area contributed by atoms with Crippen LogP contribution in [0.25, 0.3) is 16.9 Å². The normalized spacial score (nSPS) is 15.5. The van der Waals surface area contributed by atoms with Crippen molar-refractivity contribution in [3.63, 3.8) is 0 Å².